The number of carbonyl (C=O) groups is 2. The Morgan fingerprint density at radius 1 is 0.826 bits per heavy atom. The van der Waals surface area contributed by atoms with Crippen LogP contribution in [0.1, 0.15) is 38.3 Å². The number of halogens is 1. The maximum atomic E-state index is 14.5. The van der Waals surface area contributed by atoms with Gasteiger partial charge in [0.05, 0.1) is 17.2 Å². The van der Waals surface area contributed by atoms with Gasteiger partial charge in [-0.15, -0.1) is 0 Å². The molecular formula is C36H40ClN3O5S. The van der Waals surface area contributed by atoms with E-state index in [1.54, 1.807) is 66.7 Å². The van der Waals surface area contributed by atoms with Crippen LogP contribution in [0.5, 0.6) is 5.75 Å². The van der Waals surface area contributed by atoms with Crippen molar-refractivity contribution >= 4 is 39.1 Å². The molecule has 4 rings (SSSR count). The number of hydrogen-bond donors (Lipinski definition) is 1. The Balaban J connectivity index is 1.79. The fraction of sp³-hybridized carbons (Fsp3) is 0.278. The smallest absolute Gasteiger partial charge is 0.264 e. The quantitative estimate of drug-likeness (QED) is 0.157. The molecule has 0 saturated carbocycles. The number of carbonyl (C=O) groups excluding carboxylic acids is 2. The lowest BCUT2D eigenvalue weighted by Crippen LogP contribution is -2.54. The molecule has 46 heavy (non-hydrogen) atoms. The van der Waals surface area contributed by atoms with Gasteiger partial charge in [-0.3, -0.25) is 13.9 Å². The number of ether oxygens (including phenoxy) is 1. The van der Waals surface area contributed by atoms with Crippen LogP contribution in [0.25, 0.3) is 0 Å². The van der Waals surface area contributed by atoms with Crippen molar-refractivity contribution in [2.75, 3.05) is 17.5 Å². The topological polar surface area (TPSA) is 96.0 Å². The normalized spacial score (nSPS) is 12.5. The van der Waals surface area contributed by atoms with Gasteiger partial charge < -0.3 is 15.0 Å². The van der Waals surface area contributed by atoms with Crippen LogP contribution in [0.15, 0.2) is 114 Å². The summed E-state index contributed by atoms with van der Waals surface area (Å²) in [6.07, 6.45) is 0.937. The van der Waals surface area contributed by atoms with Gasteiger partial charge in [-0.2, -0.15) is 0 Å². The minimum absolute atomic E-state index is 0.0382. The van der Waals surface area contributed by atoms with Crippen molar-refractivity contribution in [3.05, 3.63) is 125 Å². The molecule has 0 unspecified atom stereocenters. The van der Waals surface area contributed by atoms with Gasteiger partial charge in [0.1, 0.15) is 18.3 Å². The van der Waals surface area contributed by atoms with E-state index in [0.717, 1.165) is 15.4 Å². The number of sulfonamides is 1. The number of anilines is 1. The predicted octanol–water partition coefficient (Wildman–Crippen LogP) is 6.49. The van der Waals surface area contributed by atoms with Crippen molar-refractivity contribution in [1.29, 1.82) is 0 Å². The van der Waals surface area contributed by atoms with Crippen molar-refractivity contribution in [1.82, 2.24) is 10.2 Å². The summed E-state index contributed by atoms with van der Waals surface area (Å²) in [4.78, 5) is 29.9. The molecule has 8 nitrogen and oxygen atoms in total. The third kappa shape index (κ3) is 9.11. The predicted molar refractivity (Wildman–Crippen MR) is 182 cm³/mol. The number of nitrogens with zero attached hydrogens (tertiary/aromatic N) is 2. The SMILES string of the molecule is CCOc1ccc(N(CC(=O)N(Cc2ccc(Cl)cc2)[C@H](Cc2ccccc2)C(=O)N[C@H](C)CC)S(=O)(=O)c2ccccc2)cc1. The summed E-state index contributed by atoms with van der Waals surface area (Å²) in [6, 6.07) is 29.9. The van der Waals surface area contributed by atoms with Crippen LogP contribution in [0.4, 0.5) is 5.69 Å². The summed E-state index contributed by atoms with van der Waals surface area (Å²) in [5, 5.41) is 3.57. The molecule has 2 atom stereocenters. The highest BCUT2D eigenvalue weighted by Gasteiger charge is 2.35. The Bertz CT molecular complexity index is 1670. The maximum absolute atomic E-state index is 14.5. The molecule has 2 amide bonds. The van der Waals surface area contributed by atoms with Crippen LogP contribution in [-0.2, 0) is 32.6 Å². The molecule has 0 fully saturated rings. The van der Waals surface area contributed by atoms with E-state index in [1.807, 2.05) is 51.1 Å². The minimum Gasteiger partial charge on any atom is -0.494 e. The van der Waals surface area contributed by atoms with E-state index in [-0.39, 0.29) is 35.5 Å². The van der Waals surface area contributed by atoms with E-state index in [4.69, 9.17) is 16.3 Å². The van der Waals surface area contributed by atoms with Crippen molar-refractivity contribution in [3.63, 3.8) is 0 Å². The Kier molecular flexibility index (Phi) is 12.2. The number of rotatable bonds is 15. The fourth-order valence-electron chi connectivity index (χ4n) is 4.91. The van der Waals surface area contributed by atoms with E-state index in [2.05, 4.69) is 5.32 Å². The molecular weight excluding hydrogens is 622 g/mol. The zero-order valence-corrected chi connectivity index (χ0v) is 27.9. The van der Waals surface area contributed by atoms with Crippen LogP contribution < -0.4 is 14.4 Å². The molecule has 0 radical (unpaired) electrons. The van der Waals surface area contributed by atoms with Crippen LogP contribution in [0, 0.1) is 0 Å². The molecule has 0 aliphatic heterocycles. The van der Waals surface area contributed by atoms with Gasteiger partial charge in [-0.05, 0) is 79.9 Å². The number of hydrogen-bond acceptors (Lipinski definition) is 5. The van der Waals surface area contributed by atoms with Gasteiger partial charge in [0.25, 0.3) is 10.0 Å². The molecule has 0 aliphatic carbocycles. The average molecular weight is 662 g/mol. The van der Waals surface area contributed by atoms with Crippen molar-refractivity contribution in [3.8, 4) is 5.75 Å². The second-order valence-corrected chi connectivity index (χ2v) is 13.2. The van der Waals surface area contributed by atoms with Crippen LogP contribution in [0.3, 0.4) is 0 Å². The lowest BCUT2D eigenvalue weighted by Gasteiger charge is -2.34. The lowest BCUT2D eigenvalue weighted by atomic mass is 10.0. The van der Waals surface area contributed by atoms with Crippen molar-refractivity contribution in [2.24, 2.45) is 0 Å². The van der Waals surface area contributed by atoms with E-state index in [1.165, 1.54) is 17.0 Å². The largest absolute Gasteiger partial charge is 0.494 e. The highest BCUT2D eigenvalue weighted by molar-refractivity contribution is 7.92. The summed E-state index contributed by atoms with van der Waals surface area (Å²) < 4.78 is 34.9. The van der Waals surface area contributed by atoms with Gasteiger partial charge in [0.2, 0.25) is 11.8 Å². The Labute approximate surface area is 277 Å². The standard InChI is InChI=1S/C36H40ClN3O5S/c1-4-27(3)38-36(42)34(24-28-12-8-6-9-13-28)39(25-29-16-18-30(37)19-17-29)35(41)26-40(31-20-22-32(23-21-31)45-5-2)46(43,44)33-14-10-7-11-15-33/h6-23,27,34H,4-5,24-26H2,1-3H3,(H,38,42)/t27-,34-/m1/s1. The van der Waals surface area contributed by atoms with Gasteiger partial charge in [-0.25, -0.2) is 8.42 Å². The monoisotopic (exact) mass is 661 g/mol. The first kappa shape index (κ1) is 34.5. The summed E-state index contributed by atoms with van der Waals surface area (Å²) >= 11 is 6.15. The molecule has 0 spiro atoms. The molecule has 4 aromatic carbocycles. The molecule has 242 valence electrons. The Hall–Kier alpha value is -4.34. The summed E-state index contributed by atoms with van der Waals surface area (Å²) in [7, 11) is -4.19. The summed E-state index contributed by atoms with van der Waals surface area (Å²) in [5.41, 5.74) is 1.89. The third-order valence-electron chi connectivity index (χ3n) is 7.58. The minimum atomic E-state index is -4.19. The first-order valence-electron chi connectivity index (χ1n) is 15.3. The van der Waals surface area contributed by atoms with E-state index >= 15 is 0 Å². The number of amides is 2. The van der Waals surface area contributed by atoms with E-state index < -0.39 is 28.5 Å². The number of benzene rings is 4. The second-order valence-electron chi connectivity index (χ2n) is 10.9. The zero-order chi connectivity index (χ0) is 33.1. The highest BCUT2D eigenvalue weighted by atomic mass is 35.5. The van der Waals surface area contributed by atoms with Gasteiger partial charge >= 0.3 is 0 Å². The average Bonchev–Trinajstić information content (AvgIpc) is 3.07. The molecule has 0 aliphatic rings. The Morgan fingerprint density at radius 2 is 1.43 bits per heavy atom. The van der Waals surface area contributed by atoms with Gasteiger partial charge in [-0.1, -0.05) is 79.2 Å². The van der Waals surface area contributed by atoms with E-state index in [0.29, 0.717) is 23.8 Å². The van der Waals surface area contributed by atoms with Crippen LogP contribution in [0.2, 0.25) is 5.02 Å². The fourth-order valence-corrected chi connectivity index (χ4v) is 6.47. The first-order valence-corrected chi connectivity index (χ1v) is 17.1. The summed E-state index contributed by atoms with van der Waals surface area (Å²) in [6.45, 7) is 5.70. The lowest BCUT2D eigenvalue weighted by molar-refractivity contribution is -0.140. The van der Waals surface area contributed by atoms with Gasteiger partial charge in [0.15, 0.2) is 0 Å². The van der Waals surface area contributed by atoms with Crippen LogP contribution in [-0.4, -0.2) is 50.4 Å². The van der Waals surface area contributed by atoms with E-state index in [9.17, 15) is 18.0 Å². The molecule has 1 N–H and O–H groups in total. The third-order valence-corrected chi connectivity index (χ3v) is 9.62. The summed E-state index contributed by atoms with van der Waals surface area (Å²) in [5.74, 6) is -0.286. The van der Waals surface area contributed by atoms with Crippen molar-refractivity contribution in [2.45, 2.75) is 57.1 Å². The van der Waals surface area contributed by atoms with Crippen molar-refractivity contribution < 1.29 is 22.7 Å². The molecule has 10 heteroatoms. The molecule has 0 heterocycles. The van der Waals surface area contributed by atoms with Gasteiger partial charge in [0, 0.05) is 24.0 Å². The first-order chi connectivity index (χ1) is 22.1. The molecule has 0 aromatic heterocycles. The molecule has 0 bridgehead atoms. The molecule has 0 saturated heterocycles. The molecule has 4 aromatic rings. The zero-order valence-electron chi connectivity index (χ0n) is 26.3. The Morgan fingerprint density at radius 3 is 2.02 bits per heavy atom. The second kappa shape index (κ2) is 16.3. The van der Waals surface area contributed by atoms with Crippen LogP contribution >= 0.6 is 11.6 Å². The maximum Gasteiger partial charge on any atom is 0.264 e. The highest BCUT2D eigenvalue weighted by Crippen LogP contribution is 2.27. The number of nitrogens with one attached hydrogen (secondary N) is 1.